The Balaban J connectivity index is 1.34. The van der Waals surface area contributed by atoms with Crippen LogP contribution < -0.4 is 20.1 Å². The number of allylic oxidation sites excluding steroid dienone is 1. The van der Waals surface area contributed by atoms with Gasteiger partial charge in [0, 0.05) is 35.4 Å². The monoisotopic (exact) mass is 698 g/mol. The summed E-state index contributed by atoms with van der Waals surface area (Å²) in [6.07, 6.45) is 6.22. The van der Waals surface area contributed by atoms with Crippen LogP contribution in [-0.2, 0) is 19.1 Å². The molecule has 1 aliphatic carbocycles. The number of benzene rings is 2. The Labute approximate surface area is 297 Å². The number of hydrogen-bond donors (Lipinski definition) is 3. The van der Waals surface area contributed by atoms with Crippen molar-refractivity contribution < 1.29 is 38.5 Å². The summed E-state index contributed by atoms with van der Waals surface area (Å²) < 4.78 is 17.6. The molecule has 1 saturated carbocycles. The lowest BCUT2D eigenvalue weighted by Gasteiger charge is -2.30. The molecule has 2 aromatic carbocycles. The second-order valence-electron chi connectivity index (χ2n) is 14.6. The molecule has 0 spiro atoms. The van der Waals surface area contributed by atoms with Crippen LogP contribution >= 0.6 is 0 Å². The Hall–Kier alpha value is -5.13. The molecule has 3 N–H and O–H groups in total. The summed E-state index contributed by atoms with van der Waals surface area (Å²) in [5, 5.41) is 16.5. The van der Waals surface area contributed by atoms with Crippen molar-refractivity contribution in [1.82, 2.24) is 20.5 Å². The highest BCUT2D eigenvalue weighted by atomic mass is 16.6. The van der Waals surface area contributed by atoms with Gasteiger partial charge in [-0.1, -0.05) is 55.3 Å². The number of ether oxygens (including phenoxy) is 3. The first-order valence-corrected chi connectivity index (χ1v) is 17.6. The molecule has 12 nitrogen and oxygen atoms in total. The van der Waals surface area contributed by atoms with Gasteiger partial charge in [0.25, 0.3) is 0 Å². The topological polar surface area (TPSA) is 156 Å². The van der Waals surface area contributed by atoms with Crippen molar-refractivity contribution in [2.24, 2.45) is 5.92 Å². The predicted molar refractivity (Wildman–Crippen MR) is 190 cm³/mol. The molecule has 2 fully saturated rings. The number of carboxylic acids is 1. The summed E-state index contributed by atoms with van der Waals surface area (Å²) in [4.78, 5) is 60.2. The third kappa shape index (κ3) is 8.10. The van der Waals surface area contributed by atoms with Gasteiger partial charge in [-0.05, 0) is 58.6 Å². The number of pyridine rings is 1. The van der Waals surface area contributed by atoms with Gasteiger partial charge >= 0.3 is 12.1 Å². The maximum absolute atomic E-state index is 14.4. The number of nitrogens with one attached hydrogen (secondary N) is 2. The van der Waals surface area contributed by atoms with Crippen molar-refractivity contribution in [3.8, 4) is 22.8 Å². The first-order valence-electron chi connectivity index (χ1n) is 17.6. The summed E-state index contributed by atoms with van der Waals surface area (Å²) in [6, 6.07) is 15.0. The molecule has 0 bridgehead atoms. The summed E-state index contributed by atoms with van der Waals surface area (Å²) in [7, 11) is 1.58. The number of aliphatic carboxylic acids is 1. The number of carbonyl (C=O) groups is 4. The van der Waals surface area contributed by atoms with E-state index in [4.69, 9.17) is 19.2 Å². The molecule has 1 saturated heterocycles. The number of nitrogens with zero attached hydrogens (tertiary/aromatic N) is 2. The van der Waals surface area contributed by atoms with Crippen LogP contribution in [0, 0.1) is 5.92 Å². The Morgan fingerprint density at radius 1 is 1.06 bits per heavy atom. The van der Waals surface area contributed by atoms with E-state index in [1.54, 1.807) is 27.9 Å². The predicted octanol–water partition coefficient (Wildman–Crippen LogP) is 5.63. The second kappa shape index (κ2) is 14.6. The molecule has 6 rings (SSSR count). The zero-order valence-corrected chi connectivity index (χ0v) is 29.5. The second-order valence-corrected chi connectivity index (χ2v) is 14.6. The van der Waals surface area contributed by atoms with Crippen LogP contribution in [0.15, 0.2) is 66.7 Å². The molecule has 270 valence electrons. The molecule has 12 heteroatoms. The van der Waals surface area contributed by atoms with Gasteiger partial charge in [-0.15, -0.1) is 0 Å². The number of amides is 3. The van der Waals surface area contributed by atoms with Gasteiger partial charge in [0.15, 0.2) is 0 Å². The highest BCUT2D eigenvalue weighted by molar-refractivity contribution is 5.96. The third-order valence-electron chi connectivity index (χ3n) is 9.65. The molecule has 3 amide bonds. The van der Waals surface area contributed by atoms with Crippen LogP contribution in [0.2, 0.25) is 0 Å². The van der Waals surface area contributed by atoms with Crippen LogP contribution in [0.1, 0.15) is 65.7 Å². The number of carboxylic acid groups (broad SMARTS) is 1. The van der Waals surface area contributed by atoms with E-state index in [9.17, 15) is 24.3 Å². The number of alkyl carbamates (subject to hydrolysis) is 1. The number of rotatable bonds is 6. The molecule has 2 aliphatic heterocycles. The van der Waals surface area contributed by atoms with E-state index < -0.39 is 53.2 Å². The molecule has 0 radical (unpaired) electrons. The molecule has 0 unspecified atom stereocenters. The van der Waals surface area contributed by atoms with Gasteiger partial charge in [-0.3, -0.25) is 9.59 Å². The molecule has 3 aromatic rings. The minimum atomic E-state index is -1.44. The highest BCUT2D eigenvalue weighted by Crippen LogP contribution is 2.45. The van der Waals surface area contributed by atoms with Crippen molar-refractivity contribution in [2.75, 3.05) is 13.7 Å². The van der Waals surface area contributed by atoms with Gasteiger partial charge in [0.2, 0.25) is 11.8 Å². The van der Waals surface area contributed by atoms with Crippen molar-refractivity contribution in [3.05, 3.63) is 66.7 Å². The van der Waals surface area contributed by atoms with Crippen LogP contribution in [0.25, 0.3) is 22.2 Å². The van der Waals surface area contributed by atoms with E-state index >= 15 is 0 Å². The normalized spacial score (nSPS) is 26.1. The molecule has 3 heterocycles. The average Bonchev–Trinajstić information content (AvgIpc) is 3.63. The quantitative estimate of drug-likeness (QED) is 0.278. The number of methoxy groups -OCH3 is 1. The Bertz CT molecular complexity index is 1820. The number of hydrogen-bond acceptors (Lipinski definition) is 8. The van der Waals surface area contributed by atoms with Gasteiger partial charge in [-0.25, -0.2) is 14.6 Å². The lowest BCUT2D eigenvalue weighted by Crippen LogP contribution is -2.56. The van der Waals surface area contributed by atoms with Crippen molar-refractivity contribution >= 4 is 34.8 Å². The molecule has 3 aliphatic rings. The van der Waals surface area contributed by atoms with Crippen LogP contribution in [0.5, 0.6) is 11.5 Å². The minimum absolute atomic E-state index is 0.0352. The van der Waals surface area contributed by atoms with E-state index in [0.29, 0.717) is 35.6 Å². The molecule has 1 aromatic heterocycles. The van der Waals surface area contributed by atoms with Crippen LogP contribution in [0.4, 0.5) is 4.79 Å². The fraction of sp³-hybridized carbons (Fsp3) is 0.462. The Morgan fingerprint density at radius 3 is 2.57 bits per heavy atom. The zero-order chi connectivity index (χ0) is 36.3. The van der Waals surface area contributed by atoms with Crippen LogP contribution in [0.3, 0.4) is 0 Å². The highest BCUT2D eigenvalue weighted by Gasteiger charge is 2.61. The van der Waals surface area contributed by atoms with Gasteiger partial charge in [0.05, 0.1) is 24.9 Å². The lowest BCUT2D eigenvalue weighted by molar-refractivity contribution is -0.145. The molecular weight excluding hydrogens is 652 g/mol. The molecular formula is C39H46N4O8. The number of fused-ring (bicyclic) bond motifs is 3. The fourth-order valence-corrected chi connectivity index (χ4v) is 6.93. The summed E-state index contributed by atoms with van der Waals surface area (Å²) in [5.41, 5.74) is -0.0312. The summed E-state index contributed by atoms with van der Waals surface area (Å²) in [5.74, 6) is -1.35. The van der Waals surface area contributed by atoms with Gasteiger partial charge in [0.1, 0.15) is 40.8 Å². The largest absolute Gasteiger partial charge is 0.497 e. The lowest BCUT2D eigenvalue weighted by atomic mass is 10.0. The van der Waals surface area contributed by atoms with Crippen molar-refractivity contribution in [1.29, 1.82) is 0 Å². The van der Waals surface area contributed by atoms with E-state index in [0.717, 1.165) is 30.2 Å². The van der Waals surface area contributed by atoms with Crippen molar-refractivity contribution in [2.45, 2.75) is 95.0 Å². The van der Waals surface area contributed by atoms with E-state index in [1.165, 1.54) is 4.90 Å². The zero-order valence-electron chi connectivity index (χ0n) is 29.5. The smallest absolute Gasteiger partial charge is 0.408 e. The van der Waals surface area contributed by atoms with Gasteiger partial charge < -0.3 is 34.9 Å². The summed E-state index contributed by atoms with van der Waals surface area (Å²) >= 11 is 0. The Morgan fingerprint density at radius 2 is 1.84 bits per heavy atom. The maximum Gasteiger partial charge on any atom is 0.408 e. The first-order chi connectivity index (χ1) is 24.4. The first kappa shape index (κ1) is 35.7. The standard InChI is InChI=1S/C39H46N4O8/c1-38(2,3)51-37(48)41-29-16-12-7-5-6-11-15-25-22-39(25,36(46)47)42-34(44)32-20-27(23-43(32)35(29)45)50-33-21-30(24-13-9-8-10-14-24)40-31-19-26(49-4)17-18-28(31)33/h8-11,13-15,17-19,21,25,27,29,32H,5-7,12,16,20,22-23H2,1-4H3,(H,41,48)(H,42,44)(H,46,47)/b15-11+/t25-,27-,29+,32+,39-/m1/s1. The van der Waals surface area contributed by atoms with E-state index in [-0.39, 0.29) is 25.3 Å². The minimum Gasteiger partial charge on any atom is -0.497 e. The summed E-state index contributed by atoms with van der Waals surface area (Å²) in [6.45, 7) is 5.26. The molecule has 5 atom stereocenters. The third-order valence-corrected chi connectivity index (χ3v) is 9.65. The maximum atomic E-state index is 14.4. The van der Waals surface area contributed by atoms with E-state index in [2.05, 4.69) is 10.6 Å². The van der Waals surface area contributed by atoms with Crippen molar-refractivity contribution in [3.63, 3.8) is 0 Å². The van der Waals surface area contributed by atoms with Crippen LogP contribution in [-0.4, -0.2) is 81.8 Å². The van der Waals surface area contributed by atoms with Gasteiger partial charge in [-0.2, -0.15) is 0 Å². The Kier molecular flexibility index (Phi) is 10.2. The average molecular weight is 699 g/mol. The number of carbonyl (C=O) groups excluding carboxylic acids is 3. The fourth-order valence-electron chi connectivity index (χ4n) is 6.93. The van der Waals surface area contributed by atoms with E-state index in [1.807, 2.05) is 66.7 Å². The molecule has 51 heavy (non-hydrogen) atoms. The number of aromatic nitrogens is 1. The SMILES string of the molecule is COc1ccc2c(O[C@@H]3C[C@H]4C(=O)N[C@]5(C(=O)O)C[C@H]5/C=C/CCCCC[C@H](NC(=O)OC(C)(C)C)C(=O)N4C3)cc(-c3ccccc3)nc2c1.